The molecule has 0 aliphatic rings. The zero-order chi connectivity index (χ0) is 21.2. The fourth-order valence-electron chi connectivity index (χ4n) is 4.06. The highest BCUT2D eigenvalue weighted by atomic mass is 16.3. The molecule has 0 aliphatic heterocycles. The minimum absolute atomic E-state index is 0.880. The van der Waals surface area contributed by atoms with Crippen LogP contribution in [-0.4, -0.2) is 12.8 Å². The Morgan fingerprint density at radius 1 is 0.677 bits per heavy atom. The van der Waals surface area contributed by atoms with Crippen LogP contribution in [0.15, 0.2) is 113 Å². The molecule has 1 aromatic heterocycles. The van der Waals surface area contributed by atoms with Gasteiger partial charge in [0, 0.05) is 23.4 Å². The van der Waals surface area contributed by atoms with Gasteiger partial charge in [-0.05, 0) is 47.9 Å². The fraction of sp³-hybridized carbons (Fsp3) is 0.0690. The van der Waals surface area contributed by atoms with E-state index in [0.29, 0.717) is 0 Å². The SMILES string of the molecule is CN=C(/C=C(\c1ccccc1)c1cccc(C)c1)c1ccc2c(c1)oc1ccccc12. The first kappa shape index (κ1) is 19.1. The summed E-state index contributed by atoms with van der Waals surface area (Å²) in [4.78, 5) is 4.63. The van der Waals surface area contributed by atoms with Crippen molar-refractivity contribution in [1.29, 1.82) is 0 Å². The second kappa shape index (κ2) is 8.08. The van der Waals surface area contributed by atoms with E-state index in [1.54, 1.807) is 0 Å². The number of benzene rings is 4. The first-order valence-corrected chi connectivity index (χ1v) is 10.5. The van der Waals surface area contributed by atoms with Crippen molar-refractivity contribution in [3.63, 3.8) is 0 Å². The average Bonchev–Trinajstić information content (AvgIpc) is 3.18. The first-order valence-electron chi connectivity index (χ1n) is 10.5. The molecule has 5 aromatic rings. The summed E-state index contributed by atoms with van der Waals surface area (Å²) in [6, 6.07) is 33.6. The number of aryl methyl sites for hydroxylation is 1. The van der Waals surface area contributed by atoms with Gasteiger partial charge in [-0.1, -0.05) is 84.4 Å². The van der Waals surface area contributed by atoms with Crippen molar-refractivity contribution >= 4 is 33.2 Å². The van der Waals surface area contributed by atoms with Crippen LogP contribution in [0.25, 0.3) is 27.5 Å². The van der Waals surface area contributed by atoms with Gasteiger partial charge in [0.15, 0.2) is 0 Å². The van der Waals surface area contributed by atoms with Crippen LogP contribution in [-0.2, 0) is 0 Å². The second-order valence-electron chi connectivity index (χ2n) is 7.71. The summed E-state index contributed by atoms with van der Waals surface area (Å²) < 4.78 is 6.10. The molecule has 0 bridgehead atoms. The Balaban J connectivity index is 1.65. The van der Waals surface area contributed by atoms with Crippen LogP contribution in [0.3, 0.4) is 0 Å². The highest BCUT2D eigenvalue weighted by Crippen LogP contribution is 2.30. The minimum atomic E-state index is 0.880. The smallest absolute Gasteiger partial charge is 0.136 e. The summed E-state index contributed by atoms with van der Waals surface area (Å²) in [7, 11) is 1.84. The van der Waals surface area contributed by atoms with Crippen molar-refractivity contribution in [3.05, 3.63) is 125 Å². The number of hydrogen-bond acceptors (Lipinski definition) is 2. The van der Waals surface area contributed by atoms with Crippen molar-refractivity contribution in [3.8, 4) is 0 Å². The van der Waals surface area contributed by atoms with Gasteiger partial charge in [-0.15, -0.1) is 0 Å². The third kappa shape index (κ3) is 3.69. The Bertz CT molecular complexity index is 1440. The monoisotopic (exact) mass is 401 g/mol. The van der Waals surface area contributed by atoms with Gasteiger partial charge in [0.1, 0.15) is 11.2 Å². The molecule has 1 heterocycles. The lowest BCUT2D eigenvalue weighted by Gasteiger charge is -2.11. The van der Waals surface area contributed by atoms with Crippen molar-refractivity contribution < 1.29 is 4.42 Å². The van der Waals surface area contributed by atoms with E-state index < -0.39 is 0 Å². The van der Waals surface area contributed by atoms with Crippen molar-refractivity contribution in [2.75, 3.05) is 7.05 Å². The average molecular weight is 402 g/mol. The highest BCUT2D eigenvalue weighted by molar-refractivity contribution is 6.16. The lowest BCUT2D eigenvalue weighted by Crippen LogP contribution is -2.00. The Kier molecular flexibility index (Phi) is 4.97. The normalized spacial score (nSPS) is 12.6. The van der Waals surface area contributed by atoms with E-state index in [0.717, 1.165) is 38.8 Å². The van der Waals surface area contributed by atoms with E-state index in [1.807, 2.05) is 31.3 Å². The molecule has 0 N–H and O–H groups in total. The maximum absolute atomic E-state index is 6.10. The molecule has 2 heteroatoms. The molecule has 0 spiro atoms. The maximum Gasteiger partial charge on any atom is 0.136 e. The third-order valence-corrected chi connectivity index (χ3v) is 5.61. The zero-order valence-electron chi connectivity index (χ0n) is 17.7. The van der Waals surface area contributed by atoms with Crippen LogP contribution in [0.5, 0.6) is 0 Å². The van der Waals surface area contributed by atoms with E-state index in [2.05, 4.69) is 90.8 Å². The number of furan rings is 1. The van der Waals surface area contributed by atoms with E-state index in [1.165, 1.54) is 16.7 Å². The summed E-state index contributed by atoms with van der Waals surface area (Å²) in [5.74, 6) is 0. The number of fused-ring (bicyclic) bond motifs is 3. The van der Waals surface area contributed by atoms with Crippen LogP contribution in [0.2, 0.25) is 0 Å². The topological polar surface area (TPSA) is 25.5 Å². The van der Waals surface area contributed by atoms with Crippen molar-refractivity contribution in [2.45, 2.75) is 6.92 Å². The van der Waals surface area contributed by atoms with Crippen molar-refractivity contribution in [2.24, 2.45) is 4.99 Å². The molecule has 0 fully saturated rings. The van der Waals surface area contributed by atoms with Crippen LogP contribution in [0.1, 0.15) is 22.3 Å². The first-order chi connectivity index (χ1) is 15.2. The predicted octanol–water partition coefficient (Wildman–Crippen LogP) is 7.45. The Labute approximate surface area is 182 Å². The summed E-state index contributed by atoms with van der Waals surface area (Å²) in [6.07, 6.45) is 2.17. The number of allylic oxidation sites excluding steroid dienone is 1. The van der Waals surface area contributed by atoms with Gasteiger partial charge in [-0.25, -0.2) is 0 Å². The van der Waals surface area contributed by atoms with Gasteiger partial charge < -0.3 is 4.42 Å². The molecule has 5 rings (SSSR count). The summed E-state index contributed by atoms with van der Waals surface area (Å²) in [5, 5.41) is 2.26. The molecule has 0 aliphatic carbocycles. The minimum Gasteiger partial charge on any atom is -0.456 e. The molecule has 0 amide bonds. The molecule has 4 aromatic carbocycles. The van der Waals surface area contributed by atoms with Crippen LogP contribution in [0.4, 0.5) is 0 Å². The fourth-order valence-corrected chi connectivity index (χ4v) is 4.06. The predicted molar refractivity (Wildman–Crippen MR) is 131 cm³/mol. The Hall–Kier alpha value is -3.91. The van der Waals surface area contributed by atoms with Crippen LogP contribution < -0.4 is 0 Å². The number of aliphatic imine (C=N–C) groups is 1. The van der Waals surface area contributed by atoms with Crippen molar-refractivity contribution in [1.82, 2.24) is 0 Å². The summed E-state index contributed by atoms with van der Waals surface area (Å²) in [5.41, 5.74) is 8.47. The van der Waals surface area contributed by atoms with E-state index in [9.17, 15) is 0 Å². The highest BCUT2D eigenvalue weighted by Gasteiger charge is 2.11. The van der Waals surface area contributed by atoms with E-state index >= 15 is 0 Å². The quantitative estimate of drug-likeness (QED) is 0.287. The molecule has 0 atom stereocenters. The lowest BCUT2D eigenvalue weighted by atomic mass is 9.94. The molecule has 2 nitrogen and oxygen atoms in total. The molecule has 0 saturated heterocycles. The van der Waals surface area contributed by atoms with E-state index in [-0.39, 0.29) is 0 Å². The maximum atomic E-state index is 6.10. The third-order valence-electron chi connectivity index (χ3n) is 5.61. The van der Waals surface area contributed by atoms with Gasteiger partial charge in [0.25, 0.3) is 0 Å². The molecular weight excluding hydrogens is 378 g/mol. The number of rotatable bonds is 4. The number of para-hydroxylation sites is 1. The number of hydrogen-bond donors (Lipinski definition) is 0. The Morgan fingerprint density at radius 2 is 1.42 bits per heavy atom. The van der Waals surface area contributed by atoms with Gasteiger partial charge in [-0.3, -0.25) is 4.99 Å². The molecular formula is C29H23NO. The van der Waals surface area contributed by atoms with Crippen LogP contribution >= 0.6 is 0 Å². The standard InChI is InChI=1S/C29H23NO/c1-20-9-8-12-22(17-20)26(21-10-4-3-5-11-21)19-27(30-2)23-15-16-25-24-13-6-7-14-28(24)31-29(25)18-23/h3-19H,1-2H3/b26-19+,30-27?. The van der Waals surface area contributed by atoms with Crippen LogP contribution in [0, 0.1) is 6.92 Å². The van der Waals surface area contributed by atoms with Gasteiger partial charge in [0.05, 0.1) is 5.71 Å². The van der Waals surface area contributed by atoms with Gasteiger partial charge in [0.2, 0.25) is 0 Å². The van der Waals surface area contributed by atoms with Gasteiger partial charge in [-0.2, -0.15) is 0 Å². The summed E-state index contributed by atoms with van der Waals surface area (Å²) in [6.45, 7) is 2.12. The lowest BCUT2D eigenvalue weighted by molar-refractivity contribution is 0.669. The Morgan fingerprint density at radius 3 is 2.23 bits per heavy atom. The number of nitrogens with zero attached hydrogens (tertiary/aromatic N) is 1. The largest absolute Gasteiger partial charge is 0.456 e. The molecule has 0 unspecified atom stereocenters. The molecule has 150 valence electrons. The molecule has 0 saturated carbocycles. The second-order valence-corrected chi connectivity index (χ2v) is 7.71. The molecule has 0 radical (unpaired) electrons. The van der Waals surface area contributed by atoms with Gasteiger partial charge >= 0.3 is 0 Å². The van der Waals surface area contributed by atoms with E-state index in [4.69, 9.17) is 4.42 Å². The summed E-state index contributed by atoms with van der Waals surface area (Å²) >= 11 is 0. The zero-order valence-corrected chi connectivity index (χ0v) is 17.7. The molecule has 31 heavy (non-hydrogen) atoms.